The Morgan fingerprint density at radius 3 is 2.92 bits per heavy atom. The lowest BCUT2D eigenvalue weighted by atomic mass is 9.92. The average Bonchev–Trinajstić information content (AvgIpc) is 2.54. The zero-order chi connectivity index (χ0) is 9.31. The normalized spacial score (nSPS) is 27.8. The molecule has 1 aliphatic heterocycles. The third-order valence-corrected chi connectivity index (χ3v) is 3.73. The fourth-order valence-corrected chi connectivity index (χ4v) is 2.99. The predicted molar refractivity (Wildman–Crippen MR) is 57.0 cm³/mol. The van der Waals surface area contributed by atoms with E-state index >= 15 is 0 Å². The van der Waals surface area contributed by atoms with E-state index < -0.39 is 5.60 Å². The topological polar surface area (TPSA) is 20.2 Å². The van der Waals surface area contributed by atoms with Crippen molar-refractivity contribution in [3.05, 3.63) is 35.4 Å². The Hall–Kier alpha value is -0.470. The minimum atomic E-state index is -0.559. The monoisotopic (exact) mass is 194 g/mol. The van der Waals surface area contributed by atoms with Crippen LogP contribution in [0.1, 0.15) is 17.5 Å². The summed E-state index contributed by atoms with van der Waals surface area (Å²) in [7, 11) is 0. The Bertz CT molecular complexity index is 303. The molecule has 0 aliphatic carbocycles. The first kappa shape index (κ1) is 9.10. The van der Waals surface area contributed by atoms with Gasteiger partial charge in [0.2, 0.25) is 0 Å². The lowest BCUT2D eigenvalue weighted by Gasteiger charge is -2.21. The van der Waals surface area contributed by atoms with Crippen LogP contribution < -0.4 is 0 Å². The van der Waals surface area contributed by atoms with Crippen LogP contribution in [-0.2, 0) is 5.60 Å². The Morgan fingerprint density at radius 1 is 1.46 bits per heavy atom. The molecule has 1 nitrogen and oxygen atoms in total. The molecule has 2 rings (SSSR count). The van der Waals surface area contributed by atoms with Crippen molar-refractivity contribution in [3.63, 3.8) is 0 Å². The molecule has 1 N–H and O–H groups in total. The number of aliphatic hydroxyl groups is 1. The molecular formula is C11H14OS. The number of hydrogen-bond acceptors (Lipinski definition) is 2. The Kier molecular flexibility index (Phi) is 2.35. The molecule has 1 aromatic carbocycles. The summed E-state index contributed by atoms with van der Waals surface area (Å²) in [6.07, 6.45) is 0.890. The van der Waals surface area contributed by atoms with E-state index in [4.69, 9.17) is 0 Å². The summed E-state index contributed by atoms with van der Waals surface area (Å²) in [6.45, 7) is 2.06. The van der Waals surface area contributed by atoms with Gasteiger partial charge >= 0.3 is 0 Å². The second kappa shape index (κ2) is 3.35. The largest absolute Gasteiger partial charge is 0.384 e. The number of thioether (sulfide) groups is 1. The Morgan fingerprint density at radius 2 is 2.31 bits per heavy atom. The van der Waals surface area contributed by atoms with Gasteiger partial charge < -0.3 is 5.11 Å². The van der Waals surface area contributed by atoms with Crippen molar-refractivity contribution in [3.8, 4) is 0 Å². The van der Waals surface area contributed by atoms with Gasteiger partial charge in [-0.15, -0.1) is 0 Å². The highest BCUT2D eigenvalue weighted by atomic mass is 32.2. The summed E-state index contributed by atoms with van der Waals surface area (Å²) in [5.74, 6) is 1.92. The van der Waals surface area contributed by atoms with E-state index in [2.05, 4.69) is 19.1 Å². The molecule has 0 spiro atoms. The highest BCUT2D eigenvalue weighted by molar-refractivity contribution is 7.99. The van der Waals surface area contributed by atoms with Gasteiger partial charge in [0.1, 0.15) is 0 Å². The maximum Gasteiger partial charge on any atom is 0.0994 e. The van der Waals surface area contributed by atoms with Crippen LogP contribution in [0.5, 0.6) is 0 Å². The van der Waals surface area contributed by atoms with Crippen molar-refractivity contribution in [2.45, 2.75) is 18.9 Å². The van der Waals surface area contributed by atoms with Gasteiger partial charge in [-0.25, -0.2) is 0 Å². The fourth-order valence-electron chi connectivity index (χ4n) is 1.72. The van der Waals surface area contributed by atoms with Gasteiger partial charge in [0, 0.05) is 5.75 Å². The number of rotatable bonds is 1. The van der Waals surface area contributed by atoms with E-state index in [-0.39, 0.29) is 0 Å². The van der Waals surface area contributed by atoms with Gasteiger partial charge in [0.15, 0.2) is 0 Å². The molecule has 70 valence electrons. The standard InChI is InChI=1S/C11H14OS/c1-9-3-2-4-10(7-9)11(12)5-6-13-8-11/h2-4,7,12H,5-6,8H2,1H3/t11-/m0/s1. The molecule has 2 heteroatoms. The van der Waals surface area contributed by atoms with Gasteiger partial charge in [0.25, 0.3) is 0 Å². The molecule has 1 saturated heterocycles. The van der Waals surface area contributed by atoms with Crippen LogP contribution in [0.15, 0.2) is 24.3 Å². The number of aryl methyl sites for hydroxylation is 1. The molecule has 1 aromatic rings. The molecule has 1 heterocycles. The lowest BCUT2D eigenvalue weighted by molar-refractivity contribution is 0.0657. The third-order valence-electron chi connectivity index (χ3n) is 2.56. The predicted octanol–water partition coefficient (Wildman–Crippen LogP) is 2.32. The maximum absolute atomic E-state index is 10.3. The molecule has 1 aliphatic rings. The molecule has 0 bridgehead atoms. The average molecular weight is 194 g/mol. The fraction of sp³-hybridized carbons (Fsp3) is 0.455. The van der Waals surface area contributed by atoms with E-state index in [0.717, 1.165) is 23.5 Å². The molecule has 0 aromatic heterocycles. The highest BCUT2D eigenvalue weighted by Gasteiger charge is 2.33. The molecule has 0 radical (unpaired) electrons. The van der Waals surface area contributed by atoms with E-state index in [0.29, 0.717) is 0 Å². The molecule has 1 fully saturated rings. The molecule has 1 atom stereocenters. The van der Waals surface area contributed by atoms with E-state index in [1.807, 2.05) is 23.9 Å². The summed E-state index contributed by atoms with van der Waals surface area (Å²) in [6, 6.07) is 8.20. The SMILES string of the molecule is Cc1cccc([C@]2(O)CCSC2)c1. The summed E-state index contributed by atoms with van der Waals surface area (Å²) in [4.78, 5) is 0. The quantitative estimate of drug-likeness (QED) is 0.740. The van der Waals surface area contributed by atoms with Crippen LogP contribution in [0.25, 0.3) is 0 Å². The molecule has 13 heavy (non-hydrogen) atoms. The van der Waals surface area contributed by atoms with Crippen molar-refractivity contribution < 1.29 is 5.11 Å². The molecule has 0 amide bonds. The van der Waals surface area contributed by atoms with Gasteiger partial charge in [-0.3, -0.25) is 0 Å². The van der Waals surface area contributed by atoms with Crippen molar-refractivity contribution >= 4 is 11.8 Å². The molecule has 0 saturated carbocycles. The Labute approximate surface area is 83.2 Å². The smallest absolute Gasteiger partial charge is 0.0994 e. The van der Waals surface area contributed by atoms with E-state index in [1.165, 1.54) is 5.56 Å². The summed E-state index contributed by atoms with van der Waals surface area (Å²) in [5.41, 5.74) is 1.75. The second-order valence-electron chi connectivity index (χ2n) is 3.70. The minimum absolute atomic E-state index is 0.559. The van der Waals surface area contributed by atoms with Gasteiger partial charge in [-0.2, -0.15) is 11.8 Å². The number of benzene rings is 1. The molecular weight excluding hydrogens is 180 g/mol. The maximum atomic E-state index is 10.3. The van der Waals surface area contributed by atoms with Crippen LogP contribution >= 0.6 is 11.8 Å². The first-order valence-corrected chi connectivity index (χ1v) is 5.73. The second-order valence-corrected chi connectivity index (χ2v) is 4.81. The first-order valence-electron chi connectivity index (χ1n) is 4.58. The van der Waals surface area contributed by atoms with Crippen LogP contribution in [0, 0.1) is 6.92 Å². The third kappa shape index (κ3) is 1.74. The molecule has 0 unspecified atom stereocenters. The van der Waals surface area contributed by atoms with Gasteiger partial charge in [-0.05, 0) is 24.7 Å². The summed E-state index contributed by atoms with van der Waals surface area (Å²) in [5, 5.41) is 10.3. The van der Waals surface area contributed by atoms with Crippen molar-refractivity contribution in [2.75, 3.05) is 11.5 Å². The van der Waals surface area contributed by atoms with Crippen LogP contribution in [-0.4, -0.2) is 16.6 Å². The zero-order valence-electron chi connectivity index (χ0n) is 7.79. The van der Waals surface area contributed by atoms with Gasteiger partial charge in [0.05, 0.1) is 5.60 Å². The number of hydrogen-bond donors (Lipinski definition) is 1. The summed E-state index contributed by atoms with van der Waals surface area (Å²) < 4.78 is 0. The van der Waals surface area contributed by atoms with Crippen LogP contribution in [0.3, 0.4) is 0 Å². The Balaban J connectivity index is 2.33. The van der Waals surface area contributed by atoms with Crippen molar-refractivity contribution in [1.82, 2.24) is 0 Å². The van der Waals surface area contributed by atoms with Crippen molar-refractivity contribution in [1.29, 1.82) is 0 Å². The lowest BCUT2D eigenvalue weighted by Crippen LogP contribution is -2.24. The van der Waals surface area contributed by atoms with E-state index in [9.17, 15) is 5.11 Å². The summed E-state index contributed by atoms with van der Waals surface area (Å²) >= 11 is 1.83. The van der Waals surface area contributed by atoms with Gasteiger partial charge in [-0.1, -0.05) is 29.8 Å². The minimum Gasteiger partial charge on any atom is -0.384 e. The highest BCUT2D eigenvalue weighted by Crippen LogP contribution is 2.36. The van der Waals surface area contributed by atoms with Crippen LogP contribution in [0.4, 0.5) is 0 Å². The van der Waals surface area contributed by atoms with E-state index in [1.54, 1.807) is 0 Å². The van der Waals surface area contributed by atoms with Crippen LogP contribution in [0.2, 0.25) is 0 Å². The first-order chi connectivity index (χ1) is 6.21. The van der Waals surface area contributed by atoms with Crippen molar-refractivity contribution in [2.24, 2.45) is 0 Å². The zero-order valence-corrected chi connectivity index (χ0v) is 8.60.